The van der Waals surface area contributed by atoms with Crippen molar-refractivity contribution in [3.8, 4) is 0 Å². The molecule has 2 heterocycles. The molecular formula is C24H27N3O3. The second-order valence-corrected chi connectivity index (χ2v) is 7.92. The van der Waals surface area contributed by atoms with Crippen molar-refractivity contribution >= 4 is 17.7 Å². The van der Waals surface area contributed by atoms with E-state index >= 15 is 0 Å². The van der Waals surface area contributed by atoms with E-state index in [9.17, 15) is 14.4 Å². The largest absolute Gasteiger partial charge is 0.333 e. The van der Waals surface area contributed by atoms with Crippen LogP contribution in [0.25, 0.3) is 0 Å². The fraction of sp³-hybridized carbons (Fsp3) is 0.375. The van der Waals surface area contributed by atoms with Gasteiger partial charge in [-0.05, 0) is 23.1 Å². The number of hydrogen-bond acceptors (Lipinski definition) is 3. The minimum atomic E-state index is -0.787. The van der Waals surface area contributed by atoms with E-state index < -0.39 is 17.9 Å². The highest BCUT2D eigenvalue weighted by Gasteiger charge is 2.41. The fourth-order valence-corrected chi connectivity index (χ4v) is 4.25. The number of carbonyl (C=O) groups excluding carboxylic acids is 3. The van der Waals surface area contributed by atoms with Gasteiger partial charge < -0.3 is 14.7 Å². The maximum absolute atomic E-state index is 13.6. The summed E-state index contributed by atoms with van der Waals surface area (Å²) in [6.07, 6.45) is 1.83. The molecule has 0 bridgehead atoms. The van der Waals surface area contributed by atoms with Gasteiger partial charge in [0.1, 0.15) is 6.04 Å². The van der Waals surface area contributed by atoms with E-state index in [0.717, 1.165) is 29.5 Å². The number of benzene rings is 2. The Bertz CT molecular complexity index is 919. The molecule has 0 N–H and O–H groups in total. The molecule has 1 fully saturated rings. The summed E-state index contributed by atoms with van der Waals surface area (Å²) in [4.78, 5) is 44.2. The number of carbonyl (C=O) groups is 3. The molecule has 1 unspecified atom stereocenters. The van der Waals surface area contributed by atoms with Crippen molar-refractivity contribution < 1.29 is 14.4 Å². The molecule has 2 aromatic carbocycles. The molecule has 2 aromatic rings. The molecule has 0 saturated carbocycles. The van der Waals surface area contributed by atoms with E-state index in [1.807, 2.05) is 54.6 Å². The van der Waals surface area contributed by atoms with Crippen molar-refractivity contribution in [2.45, 2.75) is 38.9 Å². The first-order chi connectivity index (χ1) is 14.6. The topological polar surface area (TPSA) is 60.9 Å². The number of unbranched alkanes of at least 4 members (excludes halogenated alkanes) is 1. The molecule has 2 aliphatic heterocycles. The monoisotopic (exact) mass is 405 g/mol. The fourth-order valence-electron chi connectivity index (χ4n) is 4.25. The first-order valence-corrected chi connectivity index (χ1v) is 10.6. The van der Waals surface area contributed by atoms with Gasteiger partial charge in [0.25, 0.3) is 5.91 Å². The predicted octanol–water partition coefficient (Wildman–Crippen LogP) is 2.74. The van der Waals surface area contributed by atoms with Gasteiger partial charge >= 0.3 is 11.8 Å². The minimum Gasteiger partial charge on any atom is -0.333 e. The summed E-state index contributed by atoms with van der Waals surface area (Å²) in [7, 11) is 0. The third-order valence-corrected chi connectivity index (χ3v) is 5.94. The van der Waals surface area contributed by atoms with Crippen molar-refractivity contribution in [3.05, 3.63) is 71.3 Å². The van der Waals surface area contributed by atoms with Gasteiger partial charge in [0.05, 0.1) is 0 Å². The Labute approximate surface area is 177 Å². The van der Waals surface area contributed by atoms with E-state index in [0.29, 0.717) is 32.7 Å². The highest BCUT2D eigenvalue weighted by atomic mass is 16.2. The van der Waals surface area contributed by atoms with Gasteiger partial charge in [0.2, 0.25) is 0 Å². The number of fused-ring (bicyclic) bond motifs is 1. The summed E-state index contributed by atoms with van der Waals surface area (Å²) in [6, 6.07) is 16.5. The molecule has 0 spiro atoms. The molecule has 6 nitrogen and oxygen atoms in total. The van der Waals surface area contributed by atoms with Gasteiger partial charge in [-0.1, -0.05) is 67.9 Å². The molecular weight excluding hydrogens is 378 g/mol. The van der Waals surface area contributed by atoms with Crippen LogP contribution in [0.3, 0.4) is 0 Å². The quantitative estimate of drug-likeness (QED) is 0.695. The Morgan fingerprint density at radius 1 is 0.900 bits per heavy atom. The van der Waals surface area contributed by atoms with Crippen LogP contribution >= 0.6 is 0 Å². The molecule has 3 amide bonds. The number of piperazine rings is 1. The first kappa shape index (κ1) is 20.1. The summed E-state index contributed by atoms with van der Waals surface area (Å²) in [6.45, 7) is 4.51. The number of amides is 3. The molecule has 0 aromatic heterocycles. The SMILES string of the molecule is CCCCN1CCN(C(C(=O)N2Cc3ccccc3C2)c2ccccc2)C(=O)C1=O. The third kappa shape index (κ3) is 3.82. The van der Waals surface area contributed by atoms with Crippen molar-refractivity contribution in [2.24, 2.45) is 0 Å². The molecule has 156 valence electrons. The maximum atomic E-state index is 13.6. The molecule has 4 rings (SSSR count). The zero-order valence-electron chi connectivity index (χ0n) is 17.3. The standard InChI is InChI=1S/C24H27N3O3/c1-2-3-13-25-14-15-27(24(30)23(25)29)21(18-9-5-4-6-10-18)22(28)26-16-19-11-7-8-12-20(19)17-26/h4-12,21H,2-3,13-17H2,1H3. The van der Waals surface area contributed by atoms with E-state index in [2.05, 4.69) is 6.92 Å². The van der Waals surface area contributed by atoms with Gasteiger partial charge in [0, 0.05) is 32.7 Å². The maximum Gasteiger partial charge on any atom is 0.313 e. The van der Waals surface area contributed by atoms with Gasteiger partial charge in [-0.3, -0.25) is 14.4 Å². The van der Waals surface area contributed by atoms with Crippen LogP contribution in [-0.2, 0) is 27.5 Å². The lowest BCUT2D eigenvalue weighted by molar-refractivity contribution is -0.161. The van der Waals surface area contributed by atoms with Gasteiger partial charge in [0.15, 0.2) is 0 Å². The molecule has 1 atom stereocenters. The van der Waals surface area contributed by atoms with E-state index in [1.165, 1.54) is 4.90 Å². The Kier molecular flexibility index (Phi) is 5.84. The van der Waals surface area contributed by atoms with Crippen LogP contribution in [0.2, 0.25) is 0 Å². The minimum absolute atomic E-state index is 0.138. The zero-order chi connectivity index (χ0) is 21.1. The highest BCUT2D eigenvalue weighted by molar-refractivity contribution is 6.35. The molecule has 0 aliphatic carbocycles. The third-order valence-electron chi connectivity index (χ3n) is 5.94. The summed E-state index contributed by atoms with van der Waals surface area (Å²) in [5.41, 5.74) is 3.00. The summed E-state index contributed by atoms with van der Waals surface area (Å²) in [5.74, 6) is -1.23. The van der Waals surface area contributed by atoms with Crippen LogP contribution in [0.1, 0.15) is 42.5 Å². The highest BCUT2D eigenvalue weighted by Crippen LogP contribution is 2.30. The lowest BCUT2D eigenvalue weighted by Gasteiger charge is -2.39. The van der Waals surface area contributed by atoms with Gasteiger partial charge in [-0.15, -0.1) is 0 Å². The van der Waals surface area contributed by atoms with Crippen molar-refractivity contribution in [1.29, 1.82) is 0 Å². The van der Waals surface area contributed by atoms with E-state index in [-0.39, 0.29) is 5.91 Å². The Morgan fingerprint density at radius 3 is 2.17 bits per heavy atom. The average Bonchev–Trinajstić information content (AvgIpc) is 3.21. The van der Waals surface area contributed by atoms with Crippen molar-refractivity contribution in [3.63, 3.8) is 0 Å². The van der Waals surface area contributed by atoms with Crippen LogP contribution in [0.5, 0.6) is 0 Å². The van der Waals surface area contributed by atoms with Gasteiger partial charge in [-0.2, -0.15) is 0 Å². The summed E-state index contributed by atoms with van der Waals surface area (Å²) < 4.78 is 0. The lowest BCUT2D eigenvalue weighted by Crippen LogP contribution is -2.57. The molecule has 6 heteroatoms. The normalized spacial score (nSPS) is 17.3. The number of rotatable bonds is 6. The Morgan fingerprint density at radius 2 is 1.53 bits per heavy atom. The zero-order valence-corrected chi connectivity index (χ0v) is 17.3. The van der Waals surface area contributed by atoms with Crippen LogP contribution in [-0.4, -0.2) is 52.1 Å². The first-order valence-electron chi connectivity index (χ1n) is 10.6. The number of nitrogens with zero attached hydrogens (tertiary/aromatic N) is 3. The second kappa shape index (κ2) is 8.69. The smallest absolute Gasteiger partial charge is 0.313 e. The Balaban J connectivity index is 1.59. The molecule has 2 aliphatic rings. The van der Waals surface area contributed by atoms with Gasteiger partial charge in [-0.25, -0.2) is 0 Å². The summed E-state index contributed by atoms with van der Waals surface area (Å²) in [5, 5.41) is 0. The van der Waals surface area contributed by atoms with Crippen LogP contribution in [0.15, 0.2) is 54.6 Å². The summed E-state index contributed by atoms with van der Waals surface area (Å²) >= 11 is 0. The predicted molar refractivity (Wildman–Crippen MR) is 113 cm³/mol. The van der Waals surface area contributed by atoms with E-state index in [4.69, 9.17) is 0 Å². The van der Waals surface area contributed by atoms with Crippen LogP contribution in [0.4, 0.5) is 0 Å². The van der Waals surface area contributed by atoms with Crippen molar-refractivity contribution in [1.82, 2.24) is 14.7 Å². The molecule has 30 heavy (non-hydrogen) atoms. The van der Waals surface area contributed by atoms with Crippen LogP contribution in [0, 0.1) is 0 Å². The molecule has 1 saturated heterocycles. The van der Waals surface area contributed by atoms with Crippen molar-refractivity contribution in [2.75, 3.05) is 19.6 Å². The van der Waals surface area contributed by atoms with Crippen LogP contribution < -0.4 is 0 Å². The number of hydrogen-bond donors (Lipinski definition) is 0. The second-order valence-electron chi connectivity index (χ2n) is 7.92. The Hall–Kier alpha value is -3.15. The molecule has 0 radical (unpaired) electrons. The average molecular weight is 405 g/mol. The lowest BCUT2D eigenvalue weighted by atomic mass is 10.0. The van der Waals surface area contributed by atoms with E-state index in [1.54, 1.807) is 9.80 Å².